The van der Waals surface area contributed by atoms with Crippen LogP contribution in [-0.2, 0) is 9.53 Å². The van der Waals surface area contributed by atoms with E-state index >= 15 is 0 Å². The van der Waals surface area contributed by atoms with E-state index in [1.807, 2.05) is 24.3 Å². The van der Waals surface area contributed by atoms with Crippen LogP contribution in [0.25, 0.3) is 11.0 Å². The molecular formula is C16H19N3O2. The van der Waals surface area contributed by atoms with Gasteiger partial charge in [0.05, 0.1) is 30.3 Å². The molecule has 0 aliphatic heterocycles. The zero-order chi connectivity index (χ0) is 14.7. The number of carbonyl (C=O) groups excluding carboxylic acids is 1. The van der Waals surface area contributed by atoms with Crippen LogP contribution in [0.4, 0.5) is 5.82 Å². The summed E-state index contributed by atoms with van der Waals surface area (Å²) in [4.78, 5) is 20.5. The van der Waals surface area contributed by atoms with Gasteiger partial charge in [-0.3, -0.25) is 9.78 Å². The molecule has 1 aromatic carbocycles. The molecular weight excluding hydrogens is 266 g/mol. The van der Waals surface area contributed by atoms with Gasteiger partial charge in [-0.25, -0.2) is 4.98 Å². The first kappa shape index (κ1) is 13.8. The molecule has 1 N–H and O–H groups in total. The summed E-state index contributed by atoms with van der Waals surface area (Å²) in [6.45, 7) is 0. The van der Waals surface area contributed by atoms with Gasteiger partial charge < -0.3 is 10.1 Å². The third kappa shape index (κ3) is 3.12. The minimum Gasteiger partial charge on any atom is -0.469 e. The summed E-state index contributed by atoms with van der Waals surface area (Å²) in [5.74, 6) is 0.768. The standard InChI is InChI=1S/C16H19N3O2/c1-21-16(20)11-6-8-12(9-7-11)18-15-10-17-13-4-2-3-5-14(13)19-15/h2-5,10-12H,6-9H2,1H3,(H,18,19). The Labute approximate surface area is 123 Å². The lowest BCUT2D eigenvalue weighted by atomic mass is 9.86. The molecule has 0 radical (unpaired) electrons. The minimum atomic E-state index is -0.0843. The van der Waals surface area contributed by atoms with Gasteiger partial charge in [-0.2, -0.15) is 0 Å². The van der Waals surface area contributed by atoms with Crippen LogP contribution in [0.3, 0.4) is 0 Å². The lowest BCUT2D eigenvalue weighted by molar-refractivity contribution is -0.146. The molecule has 1 saturated carbocycles. The Kier molecular flexibility index (Phi) is 3.99. The smallest absolute Gasteiger partial charge is 0.308 e. The molecule has 1 fully saturated rings. The number of esters is 1. The normalized spacial score (nSPS) is 22.0. The number of anilines is 1. The number of rotatable bonds is 3. The lowest BCUT2D eigenvalue weighted by Gasteiger charge is -2.27. The highest BCUT2D eigenvalue weighted by molar-refractivity contribution is 5.75. The van der Waals surface area contributed by atoms with Crippen molar-refractivity contribution in [3.8, 4) is 0 Å². The van der Waals surface area contributed by atoms with Crippen molar-refractivity contribution in [3.63, 3.8) is 0 Å². The fourth-order valence-corrected chi connectivity index (χ4v) is 2.88. The van der Waals surface area contributed by atoms with Crippen molar-refractivity contribution in [1.29, 1.82) is 0 Å². The van der Waals surface area contributed by atoms with E-state index in [0.29, 0.717) is 6.04 Å². The van der Waals surface area contributed by atoms with Crippen molar-refractivity contribution in [2.75, 3.05) is 12.4 Å². The number of aromatic nitrogens is 2. The fourth-order valence-electron chi connectivity index (χ4n) is 2.88. The highest BCUT2D eigenvalue weighted by Crippen LogP contribution is 2.27. The second-order valence-corrected chi connectivity index (χ2v) is 5.46. The molecule has 0 bridgehead atoms. The first-order valence-electron chi connectivity index (χ1n) is 7.32. The third-order valence-corrected chi connectivity index (χ3v) is 4.06. The van der Waals surface area contributed by atoms with E-state index in [1.54, 1.807) is 6.20 Å². The highest BCUT2D eigenvalue weighted by Gasteiger charge is 2.26. The largest absolute Gasteiger partial charge is 0.469 e. The van der Waals surface area contributed by atoms with Crippen LogP contribution in [-0.4, -0.2) is 29.1 Å². The molecule has 1 aromatic heterocycles. The molecule has 1 heterocycles. The second-order valence-electron chi connectivity index (χ2n) is 5.46. The average molecular weight is 285 g/mol. The van der Waals surface area contributed by atoms with E-state index in [-0.39, 0.29) is 11.9 Å². The topological polar surface area (TPSA) is 64.1 Å². The van der Waals surface area contributed by atoms with Gasteiger partial charge in [0.15, 0.2) is 0 Å². The van der Waals surface area contributed by atoms with Gasteiger partial charge in [-0.05, 0) is 37.8 Å². The Hall–Kier alpha value is -2.17. The minimum absolute atomic E-state index is 0.0516. The van der Waals surface area contributed by atoms with Crippen LogP contribution in [0, 0.1) is 5.92 Å². The van der Waals surface area contributed by atoms with Crippen LogP contribution in [0.1, 0.15) is 25.7 Å². The number of hydrogen-bond acceptors (Lipinski definition) is 5. The zero-order valence-electron chi connectivity index (χ0n) is 12.1. The van der Waals surface area contributed by atoms with Crippen LogP contribution >= 0.6 is 0 Å². The average Bonchev–Trinajstić information content (AvgIpc) is 2.55. The van der Waals surface area contributed by atoms with Crippen molar-refractivity contribution in [2.45, 2.75) is 31.7 Å². The van der Waals surface area contributed by atoms with Crippen molar-refractivity contribution < 1.29 is 9.53 Å². The van der Waals surface area contributed by atoms with Gasteiger partial charge >= 0.3 is 5.97 Å². The number of ether oxygens (including phenoxy) is 1. The lowest BCUT2D eigenvalue weighted by Crippen LogP contribution is -2.30. The molecule has 1 aliphatic carbocycles. The molecule has 5 heteroatoms. The van der Waals surface area contributed by atoms with Gasteiger partial charge in [-0.15, -0.1) is 0 Å². The molecule has 3 rings (SSSR count). The molecule has 0 amide bonds. The summed E-state index contributed by atoms with van der Waals surface area (Å²) < 4.78 is 4.81. The molecule has 5 nitrogen and oxygen atoms in total. The Morgan fingerprint density at radius 1 is 1.19 bits per heavy atom. The number of nitrogens with zero attached hydrogens (tertiary/aromatic N) is 2. The number of benzene rings is 1. The van der Waals surface area contributed by atoms with E-state index in [1.165, 1.54) is 7.11 Å². The number of fused-ring (bicyclic) bond motifs is 1. The maximum atomic E-state index is 11.5. The molecule has 0 saturated heterocycles. The number of nitrogens with one attached hydrogen (secondary N) is 1. The summed E-state index contributed by atoms with van der Waals surface area (Å²) in [5, 5.41) is 3.42. The van der Waals surface area contributed by atoms with Crippen molar-refractivity contribution in [2.24, 2.45) is 5.92 Å². The first-order chi connectivity index (χ1) is 10.3. The summed E-state index contributed by atoms with van der Waals surface area (Å²) >= 11 is 0. The summed E-state index contributed by atoms with van der Waals surface area (Å²) in [5.41, 5.74) is 1.79. The summed E-state index contributed by atoms with van der Waals surface area (Å²) in [7, 11) is 1.46. The maximum absolute atomic E-state index is 11.5. The summed E-state index contributed by atoms with van der Waals surface area (Å²) in [6.07, 6.45) is 5.41. The molecule has 21 heavy (non-hydrogen) atoms. The Balaban J connectivity index is 1.63. The SMILES string of the molecule is COC(=O)C1CCC(Nc2cnc3ccccc3n2)CC1. The van der Waals surface area contributed by atoms with Crippen molar-refractivity contribution in [1.82, 2.24) is 9.97 Å². The van der Waals surface area contributed by atoms with Gasteiger partial charge in [-0.1, -0.05) is 12.1 Å². The first-order valence-corrected chi connectivity index (χ1v) is 7.32. The Morgan fingerprint density at radius 3 is 2.62 bits per heavy atom. The second kappa shape index (κ2) is 6.08. The number of carbonyl (C=O) groups is 1. The van der Waals surface area contributed by atoms with Gasteiger partial charge in [0.2, 0.25) is 0 Å². The van der Waals surface area contributed by atoms with E-state index in [9.17, 15) is 4.79 Å². The summed E-state index contributed by atoms with van der Waals surface area (Å²) in [6, 6.07) is 8.18. The number of methoxy groups -OCH3 is 1. The predicted octanol–water partition coefficient (Wildman–Crippen LogP) is 2.77. The highest BCUT2D eigenvalue weighted by atomic mass is 16.5. The predicted molar refractivity (Wildman–Crippen MR) is 80.9 cm³/mol. The van der Waals surface area contributed by atoms with Crippen LogP contribution in [0.2, 0.25) is 0 Å². The quantitative estimate of drug-likeness (QED) is 0.878. The van der Waals surface area contributed by atoms with E-state index in [2.05, 4.69) is 15.3 Å². The number of para-hydroxylation sites is 2. The van der Waals surface area contributed by atoms with Crippen LogP contribution < -0.4 is 5.32 Å². The van der Waals surface area contributed by atoms with Gasteiger partial charge in [0.25, 0.3) is 0 Å². The Bertz CT molecular complexity index is 636. The Morgan fingerprint density at radius 2 is 1.90 bits per heavy atom. The zero-order valence-corrected chi connectivity index (χ0v) is 12.1. The van der Waals surface area contributed by atoms with E-state index < -0.39 is 0 Å². The molecule has 0 atom stereocenters. The van der Waals surface area contributed by atoms with Gasteiger partial charge in [0.1, 0.15) is 5.82 Å². The molecule has 0 spiro atoms. The third-order valence-electron chi connectivity index (χ3n) is 4.06. The van der Waals surface area contributed by atoms with Gasteiger partial charge in [0, 0.05) is 6.04 Å². The molecule has 2 aromatic rings. The molecule has 0 unspecified atom stereocenters. The van der Waals surface area contributed by atoms with E-state index in [0.717, 1.165) is 42.5 Å². The maximum Gasteiger partial charge on any atom is 0.308 e. The molecule has 1 aliphatic rings. The van der Waals surface area contributed by atoms with Crippen LogP contribution in [0.5, 0.6) is 0 Å². The fraction of sp³-hybridized carbons (Fsp3) is 0.438. The number of hydrogen-bond donors (Lipinski definition) is 1. The van der Waals surface area contributed by atoms with Crippen molar-refractivity contribution in [3.05, 3.63) is 30.5 Å². The monoisotopic (exact) mass is 285 g/mol. The van der Waals surface area contributed by atoms with Crippen molar-refractivity contribution >= 4 is 22.8 Å². The molecule has 110 valence electrons. The van der Waals surface area contributed by atoms with Crippen LogP contribution in [0.15, 0.2) is 30.5 Å². The van der Waals surface area contributed by atoms with E-state index in [4.69, 9.17) is 4.74 Å².